The van der Waals surface area contributed by atoms with Crippen LogP contribution in [0.4, 0.5) is 0 Å². The average Bonchev–Trinajstić information content (AvgIpc) is 3.10. The maximum Gasteiger partial charge on any atom is 0.145 e. The van der Waals surface area contributed by atoms with Gasteiger partial charge in [0.15, 0.2) is 0 Å². The Morgan fingerprint density at radius 3 is 2.50 bits per heavy atom. The second-order valence-electron chi connectivity index (χ2n) is 7.13. The lowest BCUT2D eigenvalue weighted by molar-refractivity contribution is 0.292. The summed E-state index contributed by atoms with van der Waals surface area (Å²) in [6.45, 7) is 1.64. The van der Waals surface area contributed by atoms with Crippen molar-refractivity contribution in [1.82, 2.24) is 9.88 Å². The lowest BCUT2D eigenvalue weighted by Gasteiger charge is -2.15. The van der Waals surface area contributed by atoms with Crippen molar-refractivity contribution < 1.29 is 4.42 Å². The van der Waals surface area contributed by atoms with Crippen molar-refractivity contribution in [3.8, 4) is 0 Å². The molecule has 0 bridgehead atoms. The van der Waals surface area contributed by atoms with Crippen molar-refractivity contribution in [3.05, 3.63) is 90.3 Å². The number of halogens is 1. The first kappa shape index (κ1) is 18.5. The summed E-state index contributed by atoms with van der Waals surface area (Å²) in [6.07, 6.45) is 1.90. The summed E-state index contributed by atoms with van der Waals surface area (Å²) in [4.78, 5) is 6.80. The normalized spacial score (nSPS) is 11.4. The van der Waals surface area contributed by atoms with Gasteiger partial charge in [0.05, 0.1) is 12.1 Å². The summed E-state index contributed by atoms with van der Waals surface area (Å²) >= 11 is 0. The van der Waals surface area contributed by atoms with Crippen molar-refractivity contribution in [2.45, 2.75) is 13.1 Å². The van der Waals surface area contributed by atoms with Gasteiger partial charge in [-0.2, -0.15) is 0 Å². The van der Waals surface area contributed by atoms with E-state index in [-0.39, 0.29) is 12.4 Å². The van der Waals surface area contributed by atoms with Crippen molar-refractivity contribution in [2.24, 2.45) is 0 Å². The first-order valence-electron chi connectivity index (χ1n) is 9.19. The van der Waals surface area contributed by atoms with Gasteiger partial charge < -0.3 is 4.42 Å². The van der Waals surface area contributed by atoms with Crippen LogP contribution in [-0.4, -0.2) is 16.9 Å². The Kier molecular flexibility index (Phi) is 5.03. The molecule has 0 atom stereocenters. The van der Waals surface area contributed by atoms with Gasteiger partial charge in [-0.1, -0.05) is 48.5 Å². The first-order valence-corrected chi connectivity index (χ1v) is 9.19. The van der Waals surface area contributed by atoms with Crippen molar-refractivity contribution in [1.29, 1.82) is 0 Å². The predicted octanol–water partition coefficient (Wildman–Crippen LogP) is 6.19. The number of furan rings is 1. The van der Waals surface area contributed by atoms with E-state index in [1.54, 1.807) is 0 Å². The fraction of sp³-hybridized carbons (Fsp3) is 0.125. The molecule has 0 spiro atoms. The molecule has 0 fully saturated rings. The average molecular weight is 389 g/mol. The Morgan fingerprint density at radius 2 is 1.61 bits per heavy atom. The standard InChI is InChI=1S/C24H20N2O.ClH/c1-26(15-17-10-11-18-6-2-3-7-19(18)12-17)16-21-13-20-14-25-23-9-5-4-8-22(23)24(20)27-21;/h2-14H,15-16H2,1H3;1H. The lowest BCUT2D eigenvalue weighted by Crippen LogP contribution is -2.16. The van der Waals surface area contributed by atoms with Gasteiger partial charge >= 0.3 is 0 Å². The van der Waals surface area contributed by atoms with E-state index in [0.29, 0.717) is 0 Å². The summed E-state index contributed by atoms with van der Waals surface area (Å²) in [5.74, 6) is 0.964. The molecule has 0 N–H and O–H groups in total. The zero-order chi connectivity index (χ0) is 18.2. The fourth-order valence-electron chi connectivity index (χ4n) is 3.73. The molecular formula is C24H21ClN2O. The van der Waals surface area contributed by atoms with Crippen LogP contribution in [0.15, 0.2) is 83.4 Å². The molecule has 3 aromatic carbocycles. The van der Waals surface area contributed by atoms with Crippen LogP contribution in [-0.2, 0) is 13.1 Å². The van der Waals surface area contributed by atoms with E-state index in [1.807, 2.05) is 24.4 Å². The molecule has 0 aliphatic rings. The highest BCUT2D eigenvalue weighted by molar-refractivity contribution is 6.01. The van der Waals surface area contributed by atoms with Crippen LogP contribution in [0.1, 0.15) is 11.3 Å². The third-order valence-corrected chi connectivity index (χ3v) is 5.00. The molecule has 5 rings (SSSR count). The van der Waals surface area contributed by atoms with Gasteiger partial charge in [-0.05, 0) is 47.6 Å². The van der Waals surface area contributed by atoms with Crippen LogP contribution in [0, 0.1) is 0 Å². The monoisotopic (exact) mass is 388 g/mol. The third-order valence-electron chi connectivity index (χ3n) is 5.00. The molecule has 2 heterocycles. The Morgan fingerprint density at radius 1 is 0.821 bits per heavy atom. The smallest absolute Gasteiger partial charge is 0.145 e. The van der Waals surface area contributed by atoms with Crippen LogP contribution < -0.4 is 0 Å². The second-order valence-corrected chi connectivity index (χ2v) is 7.13. The van der Waals surface area contributed by atoms with E-state index in [2.05, 4.69) is 71.5 Å². The zero-order valence-electron chi connectivity index (χ0n) is 15.6. The highest BCUT2D eigenvalue weighted by Gasteiger charge is 2.10. The Bertz CT molecular complexity index is 1260. The molecule has 0 saturated carbocycles. The van der Waals surface area contributed by atoms with Gasteiger partial charge in [-0.15, -0.1) is 12.4 Å². The highest BCUT2D eigenvalue weighted by atomic mass is 35.5. The topological polar surface area (TPSA) is 29.3 Å². The largest absolute Gasteiger partial charge is 0.459 e. The summed E-state index contributed by atoms with van der Waals surface area (Å²) < 4.78 is 6.18. The molecule has 4 heteroatoms. The molecule has 0 saturated heterocycles. The highest BCUT2D eigenvalue weighted by Crippen LogP contribution is 2.27. The Balaban J connectivity index is 0.00000192. The van der Waals surface area contributed by atoms with Crippen molar-refractivity contribution >= 4 is 45.1 Å². The molecule has 0 unspecified atom stereocenters. The Hall–Kier alpha value is -2.88. The van der Waals surface area contributed by atoms with E-state index < -0.39 is 0 Å². The number of rotatable bonds is 4. The number of aromatic nitrogens is 1. The van der Waals surface area contributed by atoms with Crippen molar-refractivity contribution in [3.63, 3.8) is 0 Å². The Labute approximate surface area is 170 Å². The SMILES string of the molecule is CN(Cc1ccc2ccccc2c1)Cc1cc2cnc3ccccc3c2o1.Cl. The number of para-hydroxylation sites is 1. The van der Waals surface area contributed by atoms with Gasteiger partial charge in [0.1, 0.15) is 11.3 Å². The summed E-state index contributed by atoms with van der Waals surface area (Å²) in [6, 6.07) is 25.3. The van der Waals surface area contributed by atoms with E-state index >= 15 is 0 Å². The summed E-state index contributed by atoms with van der Waals surface area (Å²) in [5.41, 5.74) is 3.20. The first-order chi connectivity index (χ1) is 13.3. The van der Waals surface area contributed by atoms with E-state index in [4.69, 9.17) is 4.42 Å². The van der Waals surface area contributed by atoms with Crippen LogP contribution in [0.3, 0.4) is 0 Å². The quantitative estimate of drug-likeness (QED) is 0.367. The van der Waals surface area contributed by atoms with Gasteiger partial charge in [0.25, 0.3) is 0 Å². The summed E-state index contributed by atoms with van der Waals surface area (Å²) in [7, 11) is 2.12. The number of benzene rings is 3. The molecular weight excluding hydrogens is 368 g/mol. The van der Waals surface area contributed by atoms with Gasteiger partial charge in [-0.25, -0.2) is 0 Å². The molecule has 5 aromatic rings. The molecule has 0 radical (unpaired) electrons. The molecule has 28 heavy (non-hydrogen) atoms. The molecule has 0 amide bonds. The molecule has 3 nitrogen and oxygen atoms in total. The number of hydrogen-bond acceptors (Lipinski definition) is 3. The van der Waals surface area contributed by atoms with Crippen LogP contribution >= 0.6 is 12.4 Å². The van der Waals surface area contributed by atoms with E-state index in [0.717, 1.165) is 40.7 Å². The number of hydrogen-bond donors (Lipinski definition) is 0. The van der Waals surface area contributed by atoms with Gasteiger partial charge in [0.2, 0.25) is 0 Å². The molecule has 140 valence electrons. The number of fused-ring (bicyclic) bond motifs is 4. The second kappa shape index (κ2) is 7.63. The zero-order valence-corrected chi connectivity index (χ0v) is 16.4. The van der Waals surface area contributed by atoms with Crippen molar-refractivity contribution in [2.75, 3.05) is 7.05 Å². The fourth-order valence-corrected chi connectivity index (χ4v) is 3.73. The third kappa shape index (κ3) is 3.47. The minimum atomic E-state index is 0. The summed E-state index contributed by atoms with van der Waals surface area (Å²) in [5, 5.41) is 4.69. The minimum absolute atomic E-state index is 0. The number of nitrogens with zero attached hydrogens (tertiary/aromatic N) is 2. The van der Waals surface area contributed by atoms with Crippen LogP contribution in [0.2, 0.25) is 0 Å². The molecule has 2 aromatic heterocycles. The minimum Gasteiger partial charge on any atom is -0.459 e. The van der Waals surface area contributed by atoms with E-state index in [9.17, 15) is 0 Å². The maximum atomic E-state index is 6.18. The van der Waals surface area contributed by atoms with Crippen LogP contribution in [0.5, 0.6) is 0 Å². The number of pyridine rings is 1. The van der Waals surface area contributed by atoms with Gasteiger partial charge in [-0.3, -0.25) is 9.88 Å². The molecule has 0 aliphatic heterocycles. The maximum absolute atomic E-state index is 6.18. The predicted molar refractivity (Wildman–Crippen MR) is 118 cm³/mol. The van der Waals surface area contributed by atoms with Crippen LogP contribution in [0.25, 0.3) is 32.6 Å². The van der Waals surface area contributed by atoms with E-state index in [1.165, 1.54) is 16.3 Å². The molecule has 0 aliphatic carbocycles. The van der Waals surface area contributed by atoms with Gasteiger partial charge in [0, 0.05) is 23.5 Å². The lowest BCUT2D eigenvalue weighted by atomic mass is 10.1.